The lowest BCUT2D eigenvalue weighted by Gasteiger charge is -2.43. The van der Waals surface area contributed by atoms with Gasteiger partial charge in [-0.05, 0) is 44.4 Å². The van der Waals surface area contributed by atoms with Gasteiger partial charge < -0.3 is 4.74 Å². The second-order valence-corrected chi connectivity index (χ2v) is 9.17. The van der Waals surface area contributed by atoms with Gasteiger partial charge in [0, 0.05) is 13.0 Å². The summed E-state index contributed by atoms with van der Waals surface area (Å²) in [6.45, 7) is 14.3. The molecule has 0 heterocycles. The van der Waals surface area contributed by atoms with Crippen LogP contribution in [0.3, 0.4) is 0 Å². The molecule has 0 aromatic carbocycles. The molecule has 0 saturated carbocycles. The van der Waals surface area contributed by atoms with Crippen molar-refractivity contribution in [1.82, 2.24) is 0 Å². The average Bonchev–Trinajstić information content (AvgIpc) is 2.48. The first-order valence-corrected chi connectivity index (χ1v) is 10.5. The monoisotopic (exact) mass is 362 g/mol. The molecule has 0 saturated heterocycles. The van der Waals surface area contributed by atoms with Crippen LogP contribution in [0.2, 0.25) is 0 Å². The molecule has 0 radical (unpaired) electrons. The molecule has 0 bridgehead atoms. The minimum Gasteiger partial charge on any atom is -0.375 e. The lowest BCUT2D eigenvalue weighted by atomic mass is 9.69. The standard InChI is InChI=1S/C22H44F2O/c1-7-8-9-10-11-13-16-19(21(2,3)4)22(5,6)25-18-15-12-14-17-20(23)24/h19-20H,7-18H2,1-6H3. The number of unbranched alkanes of at least 4 members (excludes halogenated alkanes) is 7. The SMILES string of the molecule is CCCCCCCCC(C(C)(C)C)C(C)(C)OCCCCCC(F)F. The van der Waals surface area contributed by atoms with Crippen molar-refractivity contribution in [3.05, 3.63) is 0 Å². The Bertz CT molecular complexity index is 308. The van der Waals surface area contributed by atoms with Gasteiger partial charge in [0.05, 0.1) is 5.60 Å². The molecule has 0 aromatic heterocycles. The number of alkyl halides is 2. The Morgan fingerprint density at radius 2 is 1.24 bits per heavy atom. The molecule has 0 aromatic rings. The molecule has 0 spiro atoms. The second-order valence-electron chi connectivity index (χ2n) is 9.17. The Labute approximate surface area is 156 Å². The molecule has 0 aliphatic heterocycles. The van der Waals surface area contributed by atoms with Crippen LogP contribution >= 0.6 is 0 Å². The smallest absolute Gasteiger partial charge is 0.238 e. The van der Waals surface area contributed by atoms with Gasteiger partial charge in [-0.2, -0.15) is 0 Å². The van der Waals surface area contributed by atoms with E-state index in [2.05, 4.69) is 41.5 Å². The summed E-state index contributed by atoms with van der Waals surface area (Å²) >= 11 is 0. The summed E-state index contributed by atoms with van der Waals surface area (Å²) in [5.41, 5.74) is 0.0486. The minimum absolute atomic E-state index is 0.0199. The predicted molar refractivity (Wildman–Crippen MR) is 105 cm³/mol. The summed E-state index contributed by atoms with van der Waals surface area (Å²) in [4.78, 5) is 0. The Kier molecular flexibility index (Phi) is 13.0. The van der Waals surface area contributed by atoms with Crippen LogP contribution in [-0.4, -0.2) is 18.6 Å². The van der Waals surface area contributed by atoms with E-state index >= 15 is 0 Å². The van der Waals surface area contributed by atoms with Gasteiger partial charge in [0.15, 0.2) is 0 Å². The van der Waals surface area contributed by atoms with Crippen LogP contribution < -0.4 is 0 Å². The third kappa shape index (κ3) is 12.8. The fourth-order valence-electron chi connectivity index (χ4n) is 3.97. The normalized spacial score (nSPS) is 14.3. The zero-order valence-electron chi connectivity index (χ0n) is 17.8. The lowest BCUT2D eigenvalue weighted by Crippen LogP contribution is -2.42. The molecular weight excluding hydrogens is 318 g/mol. The highest BCUT2D eigenvalue weighted by atomic mass is 19.3. The van der Waals surface area contributed by atoms with Gasteiger partial charge in [-0.3, -0.25) is 0 Å². The predicted octanol–water partition coefficient (Wildman–Crippen LogP) is 8.02. The van der Waals surface area contributed by atoms with Crippen molar-refractivity contribution >= 4 is 0 Å². The first-order valence-electron chi connectivity index (χ1n) is 10.5. The van der Waals surface area contributed by atoms with E-state index in [9.17, 15) is 8.78 Å². The van der Waals surface area contributed by atoms with E-state index in [1.807, 2.05) is 0 Å². The van der Waals surface area contributed by atoms with Crippen LogP contribution in [0.25, 0.3) is 0 Å². The second kappa shape index (κ2) is 13.1. The highest BCUT2D eigenvalue weighted by Gasteiger charge is 2.38. The molecule has 1 nitrogen and oxygen atoms in total. The minimum atomic E-state index is -2.17. The van der Waals surface area contributed by atoms with E-state index in [4.69, 9.17) is 4.74 Å². The van der Waals surface area contributed by atoms with Crippen LogP contribution in [0.15, 0.2) is 0 Å². The maximum Gasteiger partial charge on any atom is 0.238 e. The lowest BCUT2D eigenvalue weighted by molar-refractivity contribution is -0.0963. The van der Waals surface area contributed by atoms with Crippen molar-refractivity contribution in [1.29, 1.82) is 0 Å². The summed E-state index contributed by atoms with van der Waals surface area (Å²) in [5.74, 6) is 0.507. The van der Waals surface area contributed by atoms with Crippen molar-refractivity contribution < 1.29 is 13.5 Å². The Morgan fingerprint density at radius 3 is 1.80 bits per heavy atom. The molecule has 0 rings (SSSR count). The van der Waals surface area contributed by atoms with Crippen molar-refractivity contribution in [2.75, 3.05) is 6.61 Å². The van der Waals surface area contributed by atoms with Gasteiger partial charge in [-0.15, -0.1) is 0 Å². The van der Waals surface area contributed by atoms with E-state index in [1.54, 1.807) is 0 Å². The van der Waals surface area contributed by atoms with Gasteiger partial charge >= 0.3 is 0 Å². The van der Waals surface area contributed by atoms with E-state index in [-0.39, 0.29) is 17.4 Å². The number of rotatable bonds is 15. The summed E-state index contributed by atoms with van der Waals surface area (Å²) in [6.07, 6.45) is 9.30. The molecule has 0 amide bonds. The quantitative estimate of drug-likeness (QED) is 0.268. The summed E-state index contributed by atoms with van der Waals surface area (Å²) in [5, 5.41) is 0. The Hall–Kier alpha value is -0.180. The highest BCUT2D eigenvalue weighted by molar-refractivity contribution is 4.88. The first-order chi connectivity index (χ1) is 11.6. The molecule has 25 heavy (non-hydrogen) atoms. The first kappa shape index (κ1) is 24.8. The molecule has 0 aliphatic rings. The number of hydrogen-bond donors (Lipinski definition) is 0. The number of halogens is 2. The highest BCUT2D eigenvalue weighted by Crippen LogP contribution is 2.40. The van der Waals surface area contributed by atoms with Crippen LogP contribution in [0.4, 0.5) is 8.78 Å². The van der Waals surface area contributed by atoms with Crippen molar-refractivity contribution in [3.63, 3.8) is 0 Å². The molecule has 152 valence electrons. The maximum absolute atomic E-state index is 12.2. The largest absolute Gasteiger partial charge is 0.375 e. The molecule has 3 heteroatoms. The van der Waals surface area contributed by atoms with Gasteiger partial charge in [0.25, 0.3) is 0 Å². The zero-order chi connectivity index (χ0) is 19.3. The molecular formula is C22H44F2O. The summed E-state index contributed by atoms with van der Waals surface area (Å²) in [7, 11) is 0. The van der Waals surface area contributed by atoms with Gasteiger partial charge in [0.1, 0.15) is 0 Å². The third-order valence-electron chi connectivity index (χ3n) is 5.27. The van der Waals surface area contributed by atoms with Crippen LogP contribution in [0, 0.1) is 11.3 Å². The van der Waals surface area contributed by atoms with Crippen LogP contribution in [-0.2, 0) is 4.74 Å². The van der Waals surface area contributed by atoms with Gasteiger partial charge in [-0.25, -0.2) is 8.78 Å². The fourth-order valence-corrected chi connectivity index (χ4v) is 3.97. The van der Waals surface area contributed by atoms with E-state index in [0.717, 1.165) is 12.8 Å². The molecule has 0 aliphatic carbocycles. The van der Waals surface area contributed by atoms with E-state index in [1.165, 1.54) is 44.9 Å². The zero-order valence-corrected chi connectivity index (χ0v) is 17.8. The van der Waals surface area contributed by atoms with Crippen molar-refractivity contribution in [2.24, 2.45) is 11.3 Å². The van der Waals surface area contributed by atoms with E-state index in [0.29, 0.717) is 18.9 Å². The van der Waals surface area contributed by atoms with E-state index < -0.39 is 6.43 Å². The average molecular weight is 363 g/mol. The molecule has 1 unspecified atom stereocenters. The number of hydrogen-bond acceptors (Lipinski definition) is 1. The maximum atomic E-state index is 12.2. The third-order valence-corrected chi connectivity index (χ3v) is 5.27. The van der Waals surface area contributed by atoms with Gasteiger partial charge in [0.2, 0.25) is 6.43 Å². The van der Waals surface area contributed by atoms with Crippen LogP contribution in [0.5, 0.6) is 0 Å². The fraction of sp³-hybridized carbons (Fsp3) is 1.00. The summed E-state index contributed by atoms with van der Waals surface area (Å²) in [6, 6.07) is 0. The number of ether oxygens (including phenoxy) is 1. The van der Waals surface area contributed by atoms with Crippen molar-refractivity contribution in [3.8, 4) is 0 Å². The van der Waals surface area contributed by atoms with Gasteiger partial charge in [-0.1, -0.05) is 72.6 Å². The molecule has 0 N–H and O–H groups in total. The Balaban J connectivity index is 4.24. The molecule has 1 atom stereocenters. The summed E-state index contributed by atoms with van der Waals surface area (Å²) < 4.78 is 30.5. The van der Waals surface area contributed by atoms with Crippen LogP contribution in [0.1, 0.15) is 112 Å². The molecule has 0 fully saturated rings. The topological polar surface area (TPSA) is 9.23 Å². The Morgan fingerprint density at radius 1 is 0.720 bits per heavy atom. The van der Waals surface area contributed by atoms with Crippen molar-refractivity contribution in [2.45, 2.75) is 124 Å².